The third-order valence-electron chi connectivity index (χ3n) is 5.22. The van der Waals surface area contributed by atoms with E-state index in [-0.39, 0.29) is 34.5 Å². The molecule has 2 aromatic heterocycles. The summed E-state index contributed by atoms with van der Waals surface area (Å²) in [4.78, 5) is 25.4. The predicted molar refractivity (Wildman–Crippen MR) is 126 cm³/mol. The van der Waals surface area contributed by atoms with Gasteiger partial charge >= 0.3 is 0 Å². The van der Waals surface area contributed by atoms with Gasteiger partial charge in [-0.25, -0.2) is 13.5 Å². The number of aromatic nitrogens is 4. The molecule has 5 rings (SSSR count). The Balaban J connectivity index is 1.43. The van der Waals surface area contributed by atoms with E-state index in [0.29, 0.717) is 16.5 Å². The minimum Gasteiger partial charge on any atom is -0.409 e. The molecule has 0 N–H and O–H groups in total. The molecule has 0 aliphatic rings. The van der Waals surface area contributed by atoms with Crippen LogP contribution >= 0.6 is 11.8 Å². The molecule has 10 heteroatoms. The minimum atomic E-state index is -1.09. The number of Topliss-reactive ketones (excluding diaryl/α,β-unsaturated/α-hetero) is 1. The second kappa shape index (κ2) is 9.59. The summed E-state index contributed by atoms with van der Waals surface area (Å²) in [6.07, 6.45) is 0. The summed E-state index contributed by atoms with van der Waals surface area (Å²) in [5.41, 5.74) is 1.03. The van der Waals surface area contributed by atoms with Crippen molar-refractivity contribution in [1.29, 1.82) is 0 Å². The summed E-state index contributed by atoms with van der Waals surface area (Å²) in [5, 5.41) is 13.6. The third-order valence-corrected chi connectivity index (χ3v) is 6.04. The Morgan fingerprint density at radius 1 is 0.914 bits per heavy atom. The zero-order valence-corrected chi connectivity index (χ0v) is 18.8. The van der Waals surface area contributed by atoms with Crippen LogP contribution < -0.4 is 5.56 Å². The Kier molecular flexibility index (Phi) is 6.19. The predicted octanol–water partition coefficient (Wildman–Crippen LogP) is 4.75. The lowest BCUT2D eigenvalue weighted by molar-refractivity contribution is 0.102. The van der Waals surface area contributed by atoms with Crippen LogP contribution in [0.15, 0.2) is 87.2 Å². The number of thioether (sulfide) groups is 1. The van der Waals surface area contributed by atoms with Gasteiger partial charge in [0.05, 0.1) is 17.7 Å². The van der Waals surface area contributed by atoms with Crippen molar-refractivity contribution in [3.05, 3.63) is 106 Å². The maximum atomic E-state index is 13.4. The van der Waals surface area contributed by atoms with Crippen molar-refractivity contribution in [3.8, 4) is 11.6 Å². The SMILES string of the molecule is O=C(CSc1nnc(-c2nn(Cc3ccccc3)c(=O)c3ccccc23)o1)c1ccc(F)c(F)c1. The molecule has 0 fully saturated rings. The third kappa shape index (κ3) is 4.73. The highest BCUT2D eigenvalue weighted by Gasteiger charge is 2.19. The number of halogens is 2. The van der Waals surface area contributed by atoms with E-state index < -0.39 is 17.4 Å². The molecule has 35 heavy (non-hydrogen) atoms. The molecule has 0 aliphatic heterocycles. The van der Waals surface area contributed by atoms with Crippen molar-refractivity contribution < 1.29 is 18.0 Å². The van der Waals surface area contributed by atoms with Crippen LogP contribution in [0.5, 0.6) is 0 Å². The number of rotatable bonds is 7. The van der Waals surface area contributed by atoms with Crippen LogP contribution in [0, 0.1) is 11.6 Å². The Hall–Kier alpha value is -4.18. The average Bonchev–Trinajstić information content (AvgIpc) is 3.35. The lowest BCUT2D eigenvalue weighted by Crippen LogP contribution is -2.24. The molecule has 0 aliphatic carbocycles. The molecular formula is C25H16F2N4O3S. The van der Waals surface area contributed by atoms with Crippen molar-refractivity contribution in [1.82, 2.24) is 20.0 Å². The normalized spacial score (nSPS) is 11.1. The zero-order chi connectivity index (χ0) is 24.4. The summed E-state index contributed by atoms with van der Waals surface area (Å²) >= 11 is 0.962. The van der Waals surface area contributed by atoms with E-state index in [1.165, 1.54) is 10.7 Å². The minimum absolute atomic E-state index is 0.0387. The summed E-state index contributed by atoms with van der Waals surface area (Å²) in [6, 6.07) is 19.4. The Labute approximate surface area is 201 Å². The Morgan fingerprint density at radius 2 is 1.66 bits per heavy atom. The molecule has 0 atom stereocenters. The fraction of sp³-hybridized carbons (Fsp3) is 0.0800. The second-order valence-corrected chi connectivity index (χ2v) is 8.48. The number of hydrogen-bond donors (Lipinski definition) is 0. The van der Waals surface area contributed by atoms with Gasteiger partial charge in [0.25, 0.3) is 16.7 Å². The van der Waals surface area contributed by atoms with Crippen molar-refractivity contribution in [2.45, 2.75) is 11.8 Å². The van der Waals surface area contributed by atoms with Gasteiger partial charge < -0.3 is 4.42 Å². The first-order chi connectivity index (χ1) is 17.0. The summed E-state index contributed by atoms with van der Waals surface area (Å²) in [7, 11) is 0. The van der Waals surface area contributed by atoms with Crippen LogP contribution in [0.4, 0.5) is 8.78 Å². The van der Waals surface area contributed by atoms with Crippen LogP contribution in [0.2, 0.25) is 0 Å². The van der Waals surface area contributed by atoms with Gasteiger partial charge in [-0.1, -0.05) is 60.3 Å². The Morgan fingerprint density at radius 3 is 2.43 bits per heavy atom. The molecule has 5 aromatic rings. The number of hydrogen-bond acceptors (Lipinski definition) is 7. The van der Waals surface area contributed by atoms with Crippen LogP contribution in [0.3, 0.4) is 0 Å². The van der Waals surface area contributed by atoms with Gasteiger partial charge in [-0.3, -0.25) is 9.59 Å². The van der Waals surface area contributed by atoms with Gasteiger partial charge in [-0.2, -0.15) is 5.10 Å². The van der Waals surface area contributed by atoms with E-state index in [2.05, 4.69) is 15.3 Å². The van der Waals surface area contributed by atoms with Gasteiger partial charge in [0.2, 0.25) is 0 Å². The van der Waals surface area contributed by atoms with Gasteiger partial charge in [-0.05, 0) is 29.8 Å². The Bertz CT molecular complexity index is 1600. The van der Waals surface area contributed by atoms with E-state index >= 15 is 0 Å². The molecule has 174 valence electrons. The number of nitrogens with zero attached hydrogens (tertiary/aromatic N) is 4. The molecule has 7 nitrogen and oxygen atoms in total. The van der Waals surface area contributed by atoms with Crippen LogP contribution in [-0.2, 0) is 6.54 Å². The van der Waals surface area contributed by atoms with E-state index in [4.69, 9.17) is 4.42 Å². The van der Waals surface area contributed by atoms with Gasteiger partial charge in [-0.15, -0.1) is 10.2 Å². The molecule has 0 amide bonds. The molecule has 0 saturated carbocycles. The van der Waals surface area contributed by atoms with E-state index in [0.717, 1.165) is 29.5 Å². The molecule has 0 radical (unpaired) electrons. The fourth-order valence-corrected chi connectivity index (χ4v) is 4.16. The average molecular weight is 490 g/mol. The highest BCUT2D eigenvalue weighted by atomic mass is 32.2. The first-order valence-electron chi connectivity index (χ1n) is 10.5. The number of fused-ring (bicyclic) bond motifs is 1. The first kappa shape index (κ1) is 22.6. The standard InChI is InChI=1S/C25H16F2N4O3S/c26-19-11-10-16(12-20(19)27)21(32)14-35-25-29-28-23(34-25)22-17-8-4-5-9-18(17)24(33)31(30-22)13-15-6-2-1-3-7-15/h1-12H,13-14H2. The van der Waals surface area contributed by atoms with E-state index in [1.54, 1.807) is 24.3 Å². The lowest BCUT2D eigenvalue weighted by atomic mass is 10.1. The first-order valence-corrected chi connectivity index (χ1v) is 11.5. The smallest absolute Gasteiger partial charge is 0.277 e. The van der Waals surface area contributed by atoms with Gasteiger partial charge in [0, 0.05) is 10.9 Å². The highest BCUT2D eigenvalue weighted by molar-refractivity contribution is 7.99. The van der Waals surface area contributed by atoms with E-state index in [1.807, 2.05) is 30.3 Å². The zero-order valence-electron chi connectivity index (χ0n) is 18.0. The van der Waals surface area contributed by atoms with Gasteiger partial charge in [0.1, 0.15) is 0 Å². The summed E-state index contributed by atoms with van der Waals surface area (Å²) in [5.74, 6) is -2.57. The number of carbonyl (C=O) groups excluding carboxylic acids is 1. The van der Waals surface area contributed by atoms with Gasteiger partial charge in [0.15, 0.2) is 23.1 Å². The fourth-order valence-electron chi connectivity index (χ4n) is 3.50. The highest BCUT2D eigenvalue weighted by Crippen LogP contribution is 2.27. The number of ketones is 1. The van der Waals surface area contributed by atoms with Crippen LogP contribution in [0.25, 0.3) is 22.4 Å². The molecule has 0 spiro atoms. The molecule has 3 aromatic carbocycles. The summed E-state index contributed by atoms with van der Waals surface area (Å²) in [6.45, 7) is 0.260. The molecule has 2 heterocycles. The molecular weight excluding hydrogens is 474 g/mol. The van der Waals surface area contributed by atoms with Crippen molar-refractivity contribution in [2.75, 3.05) is 5.75 Å². The van der Waals surface area contributed by atoms with Crippen molar-refractivity contribution in [3.63, 3.8) is 0 Å². The molecule has 0 bridgehead atoms. The van der Waals surface area contributed by atoms with Crippen LogP contribution in [-0.4, -0.2) is 31.5 Å². The lowest BCUT2D eigenvalue weighted by Gasteiger charge is -2.09. The quantitative estimate of drug-likeness (QED) is 0.240. The maximum Gasteiger partial charge on any atom is 0.277 e. The van der Waals surface area contributed by atoms with Crippen LogP contribution in [0.1, 0.15) is 15.9 Å². The number of carbonyl (C=O) groups is 1. The van der Waals surface area contributed by atoms with Crippen molar-refractivity contribution >= 4 is 28.3 Å². The molecule has 0 unspecified atom stereocenters. The summed E-state index contributed by atoms with van der Waals surface area (Å²) < 4.78 is 33.6. The van der Waals surface area contributed by atoms with Crippen molar-refractivity contribution in [2.24, 2.45) is 0 Å². The topological polar surface area (TPSA) is 90.9 Å². The number of benzene rings is 3. The van der Waals surface area contributed by atoms with E-state index in [9.17, 15) is 18.4 Å². The monoisotopic (exact) mass is 490 g/mol. The maximum absolute atomic E-state index is 13.4. The largest absolute Gasteiger partial charge is 0.409 e. The second-order valence-electron chi connectivity index (χ2n) is 7.56. The molecule has 0 saturated heterocycles.